The SMILES string of the molecule is Cc1ccc(N(C)c2nc(Nc3ccc([N+](=O)[O-])cc3)ncc2C(F)(F)F)cc1. The minimum atomic E-state index is -4.64. The van der Waals surface area contributed by atoms with E-state index in [0.717, 1.165) is 5.56 Å². The van der Waals surface area contributed by atoms with Crippen LogP contribution in [0.1, 0.15) is 11.1 Å². The molecule has 0 spiro atoms. The highest BCUT2D eigenvalue weighted by molar-refractivity contribution is 5.65. The van der Waals surface area contributed by atoms with Crippen LogP contribution in [0.2, 0.25) is 0 Å². The molecular formula is C19H16F3N5O2. The number of anilines is 4. The van der Waals surface area contributed by atoms with Gasteiger partial charge in [-0.25, -0.2) is 4.98 Å². The first-order valence-electron chi connectivity index (χ1n) is 8.41. The van der Waals surface area contributed by atoms with Gasteiger partial charge in [-0.2, -0.15) is 18.2 Å². The van der Waals surface area contributed by atoms with Gasteiger partial charge < -0.3 is 10.2 Å². The maximum Gasteiger partial charge on any atom is 0.421 e. The van der Waals surface area contributed by atoms with Crippen LogP contribution in [0.4, 0.5) is 42.0 Å². The lowest BCUT2D eigenvalue weighted by Crippen LogP contribution is -2.19. The lowest BCUT2D eigenvalue weighted by molar-refractivity contribution is -0.384. The maximum absolute atomic E-state index is 13.5. The van der Waals surface area contributed by atoms with Crippen molar-refractivity contribution in [3.05, 3.63) is 76.0 Å². The van der Waals surface area contributed by atoms with Gasteiger partial charge in [-0.3, -0.25) is 10.1 Å². The fraction of sp³-hybridized carbons (Fsp3) is 0.158. The smallest absolute Gasteiger partial charge is 0.329 e. The second-order valence-electron chi connectivity index (χ2n) is 6.25. The number of nitrogens with one attached hydrogen (secondary N) is 1. The van der Waals surface area contributed by atoms with E-state index < -0.39 is 16.7 Å². The third-order valence-corrected chi connectivity index (χ3v) is 4.15. The minimum absolute atomic E-state index is 0.0687. The summed E-state index contributed by atoms with van der Waals surface area (Å²) in [4.78, 5) is 19.3. The van der Waals surface area contributed by atoms with Crippen molar-refractivity contribution in [1.29, 1.82) is 0 Å². The fourth-order valence-corrected chi connectivity index (χ4v) is 2.57. The molecule has 10 heteroatoms. The number of rotatable bonds is 5. The molecule has 7 nitrogen and oxygen atoms in total. The zero-order chi connectivity index (χ0) is 21.2. The zero-order valence-corrected chi connectivity index (χ0v) is 15.4. The molecule has 0 atom stereocenters. The Bertz CT molecular complexity index is 1020. The summed E-state index contributed by atoms with van der Waals surface area (Å²) in [6, 6.07) is 12.3. The Morgan fingerprint density at radius 2 is 1.69 bits per heavy atom. The van der Waals surface area contributed by atoms with Gasteiger partial charge in [0.05, 0.1) is 4.92 Å². The number of aromatic nitrogens is 2. The Morgan fingerprint density at radius 1 is 1.07 bits per heavy atom. The molecule has 1 aromatic heterocycles. The normalized spacial score (nSPS) is 11.2. The molecule has 0 bridgehead atoms. The quantitative estimate of drug-likeness (QED) is 0.464. The summed E-state index contributed by atoms with van der Waals surface area (Å²) in [5.41, 5.74) is 0.820. The van der Waals surface area contributed by atoms with E-state index in [0.29, 0.717) is 17.6 Å². The average Bonchev–Trinajstić information content (AvgIpc) is 2.67. The van der Waals surface area contributed by atoms with Crippen molar-refractivity contribution in [3.63, 3.8) is 0 Å². The lowest BCUT2D eigenvalue weighted by Gasteiger charge is -2.23. The first-order chi connectivity index (χ1) is 13.6. The molecule has 0 aliphatic heterocycles. The van der Waals surface area contributed by atoms with E-state index in [9.17, 15) is 23.3 Å². The monoisotopic (exact) mass is 403 g/mol. The summed E-state index contributed by atoms with van der Waals surface area (Å²) in [5, 5.41) is 13.5. The number of aryl methyl sites for hydroxylation is 1. The molecule has 3 rings (SSSR count). The van der Waals surface area contributed by atoms with E-state index in [-0.39, 0.29) is 17.5 Å². The summed E-state index contributed by atoms with van der Waals surface area (Å²) < 4.78 is 40.4. The second-order valence-corrected chi connectivity index (χ2v) is 6.25. The summed E-state index contributed by atoms with van der Waals surface area (Å²) in [5.74, 6) is -0.387. The van der Waals surface area contributed by atoms with Crippen LogP contribution in [0.5, 0.6) is 0 Å². The summed E-state index contributed by atoms with van der Waals surface area (Å²) in [7, 11) is 1.48. The van der Waals surface area contributed by atoms with Crippen LogP contribution in [-0.4, -0.2) is 21.9 Å². The number of alkyl halides is 3. The first kappa shape index (κ1) is 20.1. The number of halogens is 3. The minimum Gasteiger partial charge on any atom is -0.329 e. The molecule has 1 heterocycles. The van der Waals surface area contributed by atoms with Gasteiger partial charge in [0.2, 0.25) is 5.95 Å². The molecule has 0 saturated carbocycles. The molecule has 2 aromatic carbocycles. The second kappa shape index (κ2) is 7.74. The number of nitrogens with zero attached hydrogens (tertiary/aromatic N) is 4. The van der Waals surface area contributed by atoms with Gasteiger partial charge in [-0.05, 0) is 31.2 Å². The number of non-ortho nitro benzene ring substituents is 1. The van der Waals surface area contributed by atoms with Crippen LogP contribution in [0.15, 0.2) is 54.7 Å². The van der Waals surface area contributed by atoms with Crippen LogP contribution >= 0.6 is 0 Å². The number of hydrogen-bond acceptors (Lipinski definition) is 6. The highest BCUT2D eigenvalue weighted by Crippen LogP contribution is 2.37. The van der Waals surface area contributed by atoms with Crippen LogP contribution < -0.4 is 10.2 Å². The van der Waals surface area contributed by atoms with E-state index >= 15 is 0 Å². The van der Waals surface area contributed by atoms with Crippen molar-refractivity contribution < 1.29 is 18.1 Å². The van der Waals surface area contributed by atoms with Crippen LogP contribution in [0.25, 0.3) is 0 Å². The highest BCUT2D eigenvalue weighted by Gasteiger charge is 2.36. The Kier molecular flexibility index (Phi) is 5.35. The molecule has 0 radical (unpaired) electrons. The largest absolute Gasteiger partial charge is 0.421 e. The van der Waals surface area contributed by atoms with Gasteiger partial charge >= 0.3 is 6.18 Å². The molecular weight excluding hydrogens is 387 g/mol. The highest BCUT2D eigenvalue weighted by atomic mass is 19.4. The molecule has 150 valence electrons. The van der Waals surface area contributed by atoms with Crippen LogP contribution in [0.3, 0.4) is 0 Å². The predicted octanol–water partition coefficient (Wildman–Crippen LogP) is 5.22. The number of benzene rings is 2. The zero-order valence-electron chi connectivity index (χ0n) is 15.4. The molecule has 0 unspecified atom stereocenters. The maximum atomic E-state index is 13.5. The topological polar surface area (TPSA) is 84.2 Å². The van der Waals surface area contributed by atoms with Crippen LogP contribution in [0, 0.1) is 17.0 Å². The molecule has 3 aromatic rings. The van der Waals surface area contributed by atoms with E-state index in [2.05, 4.69) is 15.3 Å². The van der Waals surface area contributed by atoms with Gasteiger partial charge in [-0.1, -0.05) is 17.7 Å². The molecule has 0 aliphatic rings. The van der Waals surface area contributed by atoms with Crippen molar-refractivity contribution in [1.82, 2.24) is 9.97 Å². The number of hydrogen-bond donors (Lipinski definition) is 1. The van der Waals surface area contributed by atoms with Crippen molar-refractivity contribution in [2.24, 2.45) is 0 Å². The third-order valence-electron chi connectivity index (χ3n) is 4.15. The number of nitro benzene ring substituents is 1. The third kappa shape index (κ3) is 4.60. The van der Waals surface area contributed by atoms with Gasteiger partial charge in [0.15, 0.2) is 5.82 Å². The first-order valence-corrected chi connectivity index (χ1v) is 8.41. The summed E-state index contributed by atoms with van der Waals surface area (Å²) >= 11 is 0. The van der Waals surface area contributed by atoms with Crippen molar-refractivity contribution >= 4 is 28.8 Å². The standard InChI is InChI=1S/C19H16F3N5O2/c1-12-3-7-14(8-4-12)26(2)17-16(19(20,21)22)11-23-18(25-17)24-13-5-9-15(10-6-13)27(28)29/h3-11H,1-2H3,(H,23,24,25). The molecule has 0 amide bonds. The van der Waals surface area contributed by atoms with Crippen LogP contribution in [-0.2, 0) is 6.18 Å². The van der Waals surface area contributed by atoms with Gasteiger partial charge in [-0.15, -0.1) is 0 Å². The van der Waals surface area contributed by atoms with E-state index in [1.165, 1.54) is 36.2 Å². The van der Waals surface area contributed by atoms with Gasteiger partial charge in [0.1, 0.15) is 5.56 Å². The Hall–Kier alpha value is -3.69. The average molecular weight is 403 g/mol. The van der Waals surface area contributed by atoms with Gasteiger partial charge in [0, 0.05) is 36.8 Å². The van der Waals surface area contributed by atoms with E-state index in [1.807, 2.05) is 6.92 Å². The van der Waals surface area contributed by atoms with E-state index in [4.69, 9.17) is 0 Å². The Balaban J connectivity index is 1.97. The summed E-state index contributed by atoms with van der Waals surface area (Å²) in [6.45, 7) is 1.88. The number of nitro groups is 1. The molecule has 0 fully saturated rings. The molecule has 1 N–H and O–H groups in total. The molecule has 0 saturated heterocycles. The lowest BCUT2D eigenvalue weighted by atomic mass is 10.2. The van der Waals surface area contributed by atoms with Crippen molar-refractivity contribution in [2.75, 3.05) is 17.3 Å². The summed E-state index contributed by atoms with van der Waals surface area (Å²) in [6.07, 6.45) is -3.93. The van der Waals surface area contributed by atoms with Gasteiger partial charge in [0.25, 0.3) is 5.69 Å². The molecule has 29 heavy (non-hydrogen) atoms. The van der Waals surface area contributed by atoms with Crippen molar-refractivity contribution in [2.45, 2.75) is 13.1 Å². The molecule has 0 aliphatic carbocycles. The fourth-order valence-electron chi connectivity index (χ4n) is 2.57. The van der Waals surface area contributed by atoms with Crippen molar-refractivity contribution in [3.8, 4) is 0 Å². The Labute approximate surface area is 164 Å². The van der Waals surface area contributed by atoms with E-state index in [1.54, 1.807) is 24.3 Å². The predicted molar refractivity (Wildman–Crippen MR) is 103 cm³/mol. The Morgan fingerprint density at radius 3 is 2.24 bits per heavy atom.